The Morgan fingerprint density at radius 1 is 1.25 bits per heavy atom. The largest absolute Gasteiger partial charge is 0.314 e. The minimum absolute atomic E-state index is 0.609. The molecule has 1 heteroatoms. The van der Waals surface area contributed by atoms with Gasteiger partial charge in [0, 0.05) is 6.04 Å². The number of nitrogens with one attached hydrogen (secondary N) is 1. The van der Waals surface area contributed by atoms with E-state index in [0.29, 0.717) is 12.0 Å². The summed E-state index contributed by atoms with van der Waals surface area (Å²) < 4.78 is 0. The molecule has 0 rings (SSSR count). The minimum atomic E-state index is 0.609. The molecule has 12 heavy (non-hydrogen) atoms. The summed E-state index contributed by atoms with van der Waals surface area (Å²) in [7, 11) is 0. The fourth-order valence-corrected chi connectivity index (χ4v) is 0.908. The van der Waals surface area contributed by atoms with Gasteiger partial charge in [-0.05, 0) is 25.8 Å². The molecular weight excluding hydrogens is 146 g/mol. The molecule has 0 saturated heterocycles. The van der Waals surface area contributed by atoms with Gasteiger partial charge < -0.3 is 5.32 Å². The van der Waals surface area contributed by atoms with Crippen LogP contribution in [-0.2, 0) is 0 Å². The SMILES string of the molecule is CC(=CCCNC(C)C)C(C)C. The van der Waals surface area contributed by atoms with E-state index in [1.54, 1.807) is 0 Å². The molecule has 0 aliphatic rings. The lowest BCUT2D eigenvalue weighted by Crippen LogP contribution is -2.23. The van der Waals surface area contributed by atoms with E-state index in [-0.39, 0.29) is 0 Å². The molecule has 0 unspecified atom stereocenters. The molecule has 0 aromatic carbocycles. The van der Waals surface area contributed by atoms with Gasteiger partial charge in [-0.2, -0.15) is 0 Å². The fourth-order valence-electron chi connectivity index (χ4n) is 0.908. The second kappa shape index (κ2) is 6.24. The predicted molar refractivity (Wildman–Crippen MR) is 56.4 cm³/mol. The maximum absolute atomic E-state index is 3.40. The Kier molecular flexibility index (Phi) is 6.09. The molecule has 72 valence electrons. The molecule has 1 N–H and O–H groups in total. The van der Waals surface area contributed by atoms with Gasteiger partial charge in [0.2, 0.25) is 0 Å². The van der Waals surface area contributed by atoms with Crippen LogP contribution in [0, 0.1) is 5.92 Å². The average Bonchev–Trinajstić information content (AvgIpc) is 1.97. The van der Waals surface area contributed by atoms with Crippen molar-refractivity contribution in [1.82, 2.24) is 5.32 Å². The summed E-state index contributed by atoms with van der Waals surface area (Å²) in [5.41, 5.74) is 1.50. The molecule has 0 radical (unpaired) electrons. The molecule has 0 aromatic heterocycles. The van der Waals surface area contributed by atoms with Crippen molar-refractivity contribution in [3.05, 3.63) is 11.6 Å². The summed E-state index contributed by atoms with van der Waals surface area (Å²) in [4.78, 5) is 0. The zero-order valence-corrected chi connectivity index (χ0v) is 9.15. The van der Waals surface area contributed by atoms with Gasteiger partial charge in [-0.25, -0.2) is 0 Å². The second-order valence-electron chi connectivity index (χ2n) is 4.00. The highest BCUT2D eigenvalue weighted by molar-refractivity contribution is 5.00. The van der Waals surface area contributed by atoms with Crippen LogP contribution in [0.5, 0.6) is 0 Å². The monoisotopic (exact) mass is 169 g/mol. The molecule has 0 bridgehead atoms. The van der Waals surface area contributed by atoms with Crippen molar-refractivity contribution in [2.24, 2.45) is 5.92 Å². The summed E-state index contributed by atoms with van der Waals surface area (Å²) in [5, 5.41) is 3.40. The first kappa shape index (κ1) is 11.7. The van der Waals surface area contributed by atoms with Gasteiger partial charge in [0.25, 0.3) is 0 Å². The lowest BCUT2D eigenvalue weighted by atomic mass is 10.0. The molecule has 0 fully saturated rings. The van der Waals surface area contributed by atoms with E-state index in [1.165, 1.54) is 5.57 Å². The molecule has 0 amide bonds. The van der Waals surface area contributed by atoms with E-state index in [1.807, 2.05) is 0 Å². The smallest absolute Gasteiger partial charge is 0.00105 e. The first-order chi connectivity index (χ1) is 5.54. The summed E-state index contributed by atoms with van der Waals surface area (Å²) >= 11 is 0. The Balaban J connectivity index is 3.47. The van der Waals surface area contributed by atoms with Crippen molar-refractivity contribution in [2.45, 2.75) is 47.1 Å². The Bertz CT molecular complexity index is 134. The summed E-state index contributed by atoms with van der Waals surface area (Å²) in [5.74, 6) is 0.698. The standard InChI is InChI=1S/C11H23N/c1-9(2)11(5)7-6-8-12-10(3)4/h7,9-10,12H,6,8H2,1-5H3. The minimum Gasteiger partial charge on any atom is -0.314 e. The van der Waals surface area contributed by atoms with Crippen LogP contribution in [0.25, 0.3) is 0 Å². The normalized spacial score (nSPS) is 13.1. The van der Waals surface area contributed by atoms with Crippen molar-refractivity contribution in [1.29, 1.82) is 0 Å². The van der Waals surface area contributed by atoms with E-state index >= 15 is 0 Å². The maximum atomic E-state index is 3.40. The molecule has 0 atom stereocenters. The van der Waals surface area contributed by atoms with Crippen molar-refractivity contribution >= 4 is 0 Å². The van der Waals surface area contributed by atoms with Crippen molar-refractivity contribution in [3.8, 4) is 0 Å². The van der Waals surface area contributed by atoms with Crippen molar-refractivity contribution in [2.75, 3.05) is 6.54 Å². The third kappa shape index (κ3) is 6.41. The number of allylic oxidation sites excluding steroid dienone is 1. The highest BCUT2D eigenvalue weighted by atomic mass is 14.9. The van der Waals surface area contributed by atoms with Crippen LogP contribution < -0.4 is 5.32 Å². The molecule has 0 spiro atoms. The average molecular weight is 169 g/mol. The highest BCUT2D eigenvalue weighted by Crippen LogP contribution is 2.07. The van der Waals surface area contributed by atoms with Crippen LogP contribution in [0.3, 0.4) is 0 Å². The van der Waals surface area contributed by atoms with Crippen LogP contribution in [-0.4, -0.2) is 12.6 Å². The number of hydrogen-bond donors (Lipinski definition) is 1. The van der Waals surface area contributed by atoms with Crippen LogP contribution >= 0.6 is 0 Å². The summed E-state index contributed by atoms with van der Waals surface area (Å²) in [6, 6.07) is 0.609. The van der Waals surface area contributed by atoms with Crippen LogP contribution in [0.1, 0.15) is 41.0 Å². The predicted octanol–water partition coefficient (Wildman–Crippen LogP) is 2.98. The number of rotatable bonds is 5. The highest BCUT2D eigenvalue weighted by Gasteiger charge is 1.95. The number of hydrogen-bond acceptors (Lipinski definition) is 1. The zero-order valence-electron chi connectivity index (χ0n) is 9.15. The molecule has 0 aliphatic heterocycles. The van der Waals surface area contributed by atoms with Gasteiger partial charge in [0.1, 0.15) is 0 Å². The van der Waals surface area contributed by atoms with Gasteiger partial charge in [-0.3, -0.25) is 0 Å². The lowest BCUT2D eigenvalue weighted by Gasteiger charge is -2.07. The molecular formula is C11H23N. The van der Waals surface area contributed by atoms with E-state index in [2.05, 4.69) is 46.0 Å². The molecule has 0 aliphatic carbocycles. The Labute approximate surface area is 77.2 Å². The first-order valence-corrected chi connectivity index (χ1v) is 4.94. The van der Waals surface area contributed by atoms with E-state index in [4.69, 9.17) is 0 Å². The zero-order chi connectivity index (χ0) is 9.56. The first-order valence-electron chi connectivity index (χ1n) is 4.94. The van der Waals surface area contributed by atoms with E-state index in [0.717, 1.165) is 13.0 Å². The van der Waals surface area contributed by atoms with E-state index in [9.17, 15) is 0 Å². The topological polar surface area (TPSA) is 12.0 Å². The van der Waals surface area contributed by atoms with Crippen LogP contribution in [0.2, 0.25) is 0 Å². The van der Waals surface area contributed by atoms with Crippen molar-refractivity contribution in [3.63, 3.8) is 0 Å². The van der Waals surface area contributed by atoms with Crippen molar-refractivity contribution < 1.29 is 0 Å². The fraction of sp³-hybridized carbons (Fsp3) is 0.818. The third-order valence-corrected chi connectivity index (χ3v) is 2.07. The van der Waals surface area contributed by atoms with Gasteiger partial charge in [-0.1, -0.05) is 39.3 Å². The Morgan fingerprint density at radius 2 is 1.83 bits per heavy atom. The van der Waals surface area contributed by atoms with Crippen LogP contribution in [0.4, 0.5) is 0 Å². The molecule has 0 aromatic rings. The van der Waals surface area contributed by atoms with Gasteiger partial charge >= 0.3 is 0 Å². The van der Waals surface area contributed by atoms with Gasteiger partial charge in [0.05, 0.1) is 0 Å². The second-order valence-corrected chi connectivity index (χ2v) is 4.00. The van der Waals surface area contributed by atoms with Gasteiger partial charge in [0.15, 0.2) is 0 Å². The molecule has 1 nitrogen and oxygen atoms in total. The summed E-state index contributed by atoms with van der Waals surface area (Å²) in [6.45, 7) is 12.1. The molecule has 0 saturated carbocycles. The Morgan fingerprint density at radius 3 is 2.25 bits per heavy atom. The lowest BCUT2D eigenvalue weighted by molar-refractivity contribution is 0.592. The Hall–Kier alpha value is -0.300. The van der Waals surface area contributed by atoms with Crippen LogP contribution in [0.15, 0.2) is 11.6 Å². The summed E-state index contributed by atoms with van der Waals surface area (Å²) in [6.07, 6.45) is 3.49. The third-order valence-electron chi connectivity index (χ3n) is 2.07. The van der Waals surface area contributed by atoms with E-state index < -0.39 is 0 Å². The van der Waals surface area contributed by atoms with Gasteiger partial charge in [-0.15, -0.1) is 0 Å². The quantitative estimate of drug-likeness (QED) is 0.493. The molecule has 0 heterocycles. The maximum Gasteiger partial charge on any atom is 0.00105 e.